The zero-order valence-electron chi connectivity index (χ0n) is 15.1. The van der Waals surface area contributed by atoms with Crippen LogP contribution in [0.3, 0.4) is 0 Å². The Bertz CT molecular complexity index is 445. The van der Waals surface area contributed by atoms with Crippen molar-refractivity contribution in [1.82, 2.24) is 0 Å². The molecule has 0 bridgehead atoms. The summed E-state index contributed by atoms with van der Waals surface area (Å²) in [6, 6.07) is 0. The molecule has 0 aliphatic rings. The first-order valence-electron chi connectivity index (χ1n) is 8.77. The Morgan fingerprint density at radius 2 is 1.25 bits per heavy atom. The highest BCUT2D eigenvalue weighted by molar-refractivity contribution is 8.00. The van der Waals surface area contributed by atoms with Crippen molar-refractivity contribution in [2.75, 3.05) is 5.75 Å². The van der Waals surface area contributed by atoms with Gasteiger partial charge in [-0.15, -0.1) is 11.8 Å². The van der Waals surface area contributed by atoms with Gasteiger partial charge in [-0.2, -0.15) is 0 Å². The summed E-state index contributed by atoms with van der Waals surface area (Å²) in [5.41, 5.74) is 0. The molecule has 0 heterocycles. The monoisotopic (exact) mass is 348 g/mol. The summed E-state index contributed by atoms with van der Waals surface area (Å²) < 4.78 is 0. The Morgan fingerprint density at radius 3 is 1.67 bits per heavy atom. The normalized spacial score (nSPS) is 14.1. The predicted molar refractivity (Wildman–Crippen MR) is 109 cm³/mol. The van der Waals surface area contributed by atoms with Crippen LogP contribution in [0.1, 0.15) is 52.4 Å². The maximum atomic E-state index is 10.6. The second kappa shape index (κ2) is 17.9. The van der Waals surface area contributed by atoms with Gasteiger partial charge in [0.05, 0.1) is 5.25 Å². The molecule has 3 heteroatoms. The maximum absolute atomic E-state index is 10.6. The van der Waals surface area contributed by atoms with Gasteiger partial charge in [0.2, 0.25) is 0 Å². The molecule has 24 heavy (non-hydrogen) atoms. The molecule has 0 saturated heterocycles. The molecule has 0 aliphatic heterocycles. The standard InChI is InChI=1S/C21H32O2S/c1-3-4-5-6-7-8-9-10-11-12-13-14-15-16-17-18-19-24-20(2)21(22)23/h4-5,7-8,10-11,13-14,16-17,20H,3,6,9,12,15,18-19H2,1-2H3,(H,22,23)/b5-4-,8-7-,11-10-,14-13-,17-16-. The fourth-order valence-corrected chi connectivity index (χ4v) is 2.52. The van der Waals surface area contributed by atoms with Crippen LogP contribution in [0.25, 0.3) is 0 Å². The number of rotatable bonds is 14. The van der Waals surface area contributed by atoms with Crippen molar-refractivity contribution in [3.63, 3.8) is 0 Å². The molecule has 0 aromatic heterocycles. The minimum Gasteiger partial charge on any atom is -0.480 e. The number of hydrogen-bond acceptors (Lipinski definition) is 2. The van der Waals surface area contributed by atoms with E-state index in [9.17, 15) is 4.79 Å². The molecule has 1 unspecified atom stereocenters. The van der Waals surface area contributed by atoms with E-state index in [2.05, 4.69) is 67.7 Å². The Hall–Kier alpha value is -1.48. The lowest BCUT2D eigenvalue weighted by Gasteiger charge is -2.02. The van der Waals surface area contributed by atoms with Crippen molar-refractivity contribution >= 4 is 17.7 Å². The van der Waals surface area contributed by atoms with Gasteiger partial charge in [-0.05, 0) is 51.2 Å². The molecule has 0 aromatic rings. The van der Waals surface area contributed by atoms with Crippen molar-refractivity contribution in [1.29, 1.82) is 0 Å². The molecule has 1 atom stereocenters. The van der Waals surface area contributed by atoms with Gasteiger partial charge in [-0.3, -0.25) is 4.79 Å². The van der Waals surface area contributed by atoms with Crippen LogP contribution in [0.5, 0.6) is 0 Å². The average Bonchev–Trinajstić information content (AvgIpc) is 2.57. The number of aliphatic carboxylic acids is 1. The number of carboxylic acids is 1. The zero-order chi connectivity index (χ0) is 17.9. The van der Waals surface area contributed by atoms with E-state index in [0.29, 0.717) is 0 Å². The van der Waals surface area contributed by atoms with Gasteiger partial charge < -0.3 is 5.11 Å². The Balaban J connectivity index is 3.51. The highest BCUT2D eigenvalue weighted by Crippen LogP contribution is 2.11. The van der Waals surface area contributed by atoms with E-state index in [0.717, 1.165) is 44.3 Å². The van der Waals surface area contributed by atoms with Crippen LogP contribution in [0.4, 0.5) is 0 Å². The van der Waals surface area contributed by atoms with Crippen molar-refractivity contribution in [2.45, 2.75) is 57.6 Å². The Labute approximate surface area is 152 Å². The van der Waals surface area contributed by atoms with Crippen LogP contribution in [0.2, 0.25) is 0 Å². The van der Waals surface area contributed by atoms with Crippen LogP contribution >= 0.6 is 11.8 Å². The second-order valence-electron chi connectivity index (χ2n) is 5.35. The first-order chi connectivity index (χ1) is 11.7. The van der Waals surface area contributed by atoms with Gasteiger partial charge in [0.1, 0.15) is 0 Å². The third-order valence-corrected chi connectivity index (χ3v) is 4.33. The van der Waals surface area contributed by atoms with Gasteiger partial charge in [0.25, 0.3) is 0 Å². The lowest BCUT2D eigenvalue weighted by molar-refractivity contribution is -0.136. The third-order valence-electron chi connectivity index (χ3n) is 3.16. The molecule has 0 spiro atoms. The second-order valence-corrected chi connectivity index (χ2v) is 6.80. The van der Waals surface area contributed by atoms with E-state index in [-0.39, 0.29) is 5.25 Å². The summed E-state index contributed by atoms with van der Waals surface area (Å²) in [4.78, 5) is 10.6. The van der Waals surface area contributed by atoms with Gasteiger partial charge in [0, 0.05) is 0 Å². The lowest BCUT2D eigenvalue weighted by Crippen LogP contribution is -2.11. The molecular formula is C21H32O2S. The zero-order valence-corrected chi connectivity index (χ0v) is 15.9. The summed E-state index contributed by atoms with van der Waals surface area (Å²) in [6.07, 6.45) is 27.8. The van der Waals surface area contributed by atoms with Gasteiger partial charge in [-0.1, -0.05) is 67.7 Å². The maximum Gasteiger partial charge on any atom is 0.316 e. The summed E-state index contributed by atoms with van der Waals surface area (Å²) in [5.74, 6) is 0.127. The minimum atomic E-state index is -0.733. The molecule has 0 aromatic carbocycles. The van der Waals surface area contributed by atoms with E-state index in [1.54, 1.807) is 6.92 Å². The highest BCUT2D eigenvalue weighted by Gasteiger charge is 2.09. The smallest absolute Gasteiger partial charge is 0.316 e. The van der Waals surface area contributed by atoms with Gasteiger partial charge >= 0.3 is 5.97 Å². The van der Waals surface area contributed by atoms with Crippen LogP contribution in [0, 0.1) is 0 Å². The first kappa shape index (κ1) is 22.5. The molecule has 0 radical (unpaired) electrons. The SMILES string of the molecule is CC/C=C\C/C=C\C/C=C\C/C=C\C/C=C\CCSC(C)C(=O)O. The van der Waals surface area contributed by atoms with Crippen molar-refractivity contribution in [3.8, 4) is 0 Å². The molecular weight excluding hydrogens is 316 g/mol. The molecule has 0 saturated carbocycles. The number of thioether (sulfide) groups is 1. The number of hydrogen-bond donors (Lipinski definition) is 1. The van der Waals surface area contributed by atoms with Gasteiger partial charge in [0.15, 0.2) is 0 Å². The summed E-state index contributed by atoms with van der Waals surface area (Å²) in [7, 11) is 0. The Morgan fingerprint density at radius 1 is 0.833 bits per heavy atom. The van der Waals surface area contributed by atoms with E-state index in [4.69, 9.17) is 5.11 Å². The van der Waals surface area contributed by atoms with Crippen LogP contribution < -0.4 is 0 Å². The van der Waals surface area contributed by atoms with E-state index in [1.807, 2.05) is 0 Å². The summed E-state index contributed by atoms with van der Waals surface area (Å²) in [6.45, 7) is 3.88. The highest BCUT2D eigenvalue weighted by atomic mass is 32.2. The minimum absolute atomic E-state index is 0.312. The van der Waals surface area contributed by atoms with Crippen LogP contribution in [0.15, 0.2) is 60.8 Å². The quantitative estimate of drug-likeness (QED) is 0.294. The molecule has 0 rings (SSSR count). The van der Waals surface area contributed by atoms with Crippen molar-refractivity contribution < 1.29 is 9.90 Å². The molecule has 0 amide bonds. The van der Waals surface area contributed by atoms with E-state index >= 15 is 0 Å². The molecule has 2 nitrogen and oxygen atoms in total. The summed E-state index contributed by atoms with van der Waals surface area (Å²) in [5, 5.41) is 8.44. The van der Waals surface area contributed by atoms with Crippen LogP contribution in [-0.2, 0) is 4.79 Å². The fourth-order valence-electron chi connectivity index (χ4n) is 1.75. The van der Waals surface area contributed by atoms with Gasteiger partial charge in [-0.25, -0.2) is 0 Å². The van der Waals surface area contributed by atoms with E-state index in [1.165, 1.54) is 11.8 Å². The Kier molecular flexibility index (Phi) is 16.8. The predicted octanol–water partition coefficient (Wildman–Crippen LogP) is 6.33. The van der Waals surface area contributed by atoms with E-state index < -0.39 is 5.97 Å². The number of carboxylic acid groups (broad SMARTS) is 1. The topological polar surface area (TPSA) is 37.3 Å². The fraction of sp³-hybridized carbons (Fsp3) is 0.476. The van der Waals surface area contributed by atoms with Crippen molar-refractivity contribution in [3.05, 3.63) is 60.8 Å². The molecule has 134 valence electrons. The molecule has 1 N–H and O–H groups in total. The lowest BCUT2D eigenvalue weighted by atomic mass is 10.2. The molecule has 0 aliphatic carbocycles. The van der Waals surface area contributed by atoms with Crippen LogP contribution in [-0.4, -0.2) is 22.1 Å². The number of carbonyl (C=O) groups is 1. The largest absolute Gasteiger partial charge is 0.480 e. The number of allylic oxidation sites excluding steroid dienone is 10. The molecule has 0 fully saturated rings. The average molecular weight is 349 g/mol. The third kappa shape index (κ3) is 16.9. The summed E-state index contributed by atoms with van der Waals surface area (Å²) >= 11 is 1.48. The van der Waals surface area contributed by atoms with Crippen molar-refractivity contribution in [2.24, 2.45) is 0 Å². The first-order valence-corrected chi connectivity index (χ1v) is 9.82.